The number of hydrogen-bond acceptors (Lipinski definition) is 8. The summed E-state index contributed by atoms with van der Waals surface area (Å²) in [6.07, 6.45) is 1.40. The summed E-state index contributed by atoms with van der Waals surface area (Å²) in [4.78, 5) is 33.1. The Hall–Kier alpha value is -3.74. The van der Waals surface area contributed by atoms with Crippen LogP contribution in [-0.2, 0) is 6.54 Å². The Morgan fingerprint density at radius 2 is 2.03 bits per heavy atom. The van der Waals surface area contributed by atoms with Gasteiger partial charge in [-0.05, 0) is 45.1 Å². The third kappa shape index (κ3) is 4.40. The van der Waals surface area contributed by atoms with Gasteiger partial charge in [0.05, 0.1) is 29.4 Å². The molecule has 2 aromatic heterocycles. The van der Waals surface area contributed by atoms with E-state index in [-0.39, 0.29) is 39.7 Å². The van der Waals surface area contributed by atoms with E-state index in [0.29, 0.717) is 5.76 Å². The maximum absolute atomic E-state index is 12.4. The lowest BCUT2D eigenvalue weighted by atomic mass is 10.2. The van der Waals surface area contributed by atoms with Crippen LogP contribution in [0.15, 0.2) is 45.4 Å². The van der Waals surface area contributed by atoms with Gasteiger partial charge in [0.1, 0.15) is 28.2 Å². The van der Waals surface area contributed by atoms with Crippen molar-refractivity contribution in [1.29, 1.82) is 0 Å². The number of carbonyl (C=O) groups is 1. The summed E-state index contributed by atoms with van der Waals surface area (Å²) in [6.45, 7) is 0.0441. The summed E-state index contributed by atoms with van der Waals surface area (Å²) < 4.78 is 11.9. The van der Waals surface area contributed by atoms with E-state index in [4.69, 9.17) is 9.15 Å². The van der Waals surface area contributed by atoms with Crippen LogP contribution in [0.3, 0.4) is 0 Å². The molecule has 2 heterocycles. The molecule has 3 aromatic rings. The highest BCUT2D eigenvalue weighted by atomic mass is 79.9. The Kier molecular flexibility index (Phi) is 5.59. The first kappa shape index (κ1) is 20.0. The number of aromatic nitrogens is 2. The molecule has 0 aliphatic carbocycles. The standard InChI is InChI=1S/C16H12BrN5O7/c1-28-9-2-4-12(13(6-9)21(24)25)18-16(23)14-5-3-10(29-14)7-20-8-11(17)15(19-20)22(26)27/h2-6,8H,7H2,1H3,(H,18,23). The number of carbonyl (C=O) groups excluding carboxylic acids is 1. The highest BCUT2D eigenvalue weighted by molar-refractivity contribution is 9.10. The molecule has 13 heteroatoms. The second kappa shape index (κ2) is 8.10. The number of rotatable bonds is 7. The molecule has 0 saturated carbocycles. The number of hydrogen-bond donors (Lipinski definition) is 1. The van der Waals surface area contributed by atoms with Gasteiger partial charge in [-0.3, -0.25) is 14.9 Å². The quantitative estimate of drug-likeness (QED) is 0.410. The molecule has 12 nitrogen and oxygen atoms in total. The molecule has 1 aromatic carbocycles. The van der Waals surface area contributed by atoms with Crippen molar-refractivity contribution in [3.8, 4) is 5.75 Å². The minimum Gasteiger partial charge on any atom is -0.496 e. The van der Waals surface area contributed by atoms with Gasteiger partial charge < -0.3 is 24.6 Å². The fourth-order valence-electron chi connectivity index (χ4n) is 2.42. The lowest BCUT2D eigenvalue weighted by Crippen LogP contribution is -2.12. The Balaban J connectivity index is 1.75. The second-order valence-electron chi connectivity index (χ2n) is 5.62. The SMILES string of the molecule is COc1ccc(NC(=O)c2ccc(Cn3cc(Br)c([N+](=O)[O-])n3)o2)c([N+](=O)[O-])c1. The molecule has 3 rings (SSSR count). The third-order valence-electron chi connectivity index (χ3n) is 3.73. The number of furan rings is 1. The number of halogens is 1. The van der Waals surface area contributed by atoms with E-state index in [1.165, 1.54) is 48.3 Å². The molecule has 0 aliphatic rings. The molecule has 0 fully saturated rings. The van der Waals surface area contributed by atoms with Crippen LogP contribution in [0.1, 0.15) is 16.3 Å². The summed E-state index contributed by atoms with van der Waals surface area (Å²) in [6, 6.07) is 6.88. The zero-order valence-corrected chi connectivity index (χ0v) is 16.3. The molecule has 1 amide bonds. The second-order valence-corrected chi connectivity index (χ2v) is 6.47. The summed E-state index contributed by atoms with van der Waals surface area (Å²) in [5.41, 5.74) is -0.358. The van der Waals surface area contributed by atoms with Crippen molar-refractivity contribution in [2.45, 2.75) is 6.54 Å². The molecular weight excluding hydrogens is 454 g/mol. The molecule has 0 unspecified atom stereocenters. The molecule has 1 N–H and O–H groups in total. The number of nitrogens with zero attached hydrogens (tertiary/aromatic N) is 4. The van der Waals surface area contributed by atoms with Crippen LogP contribution < -0.4 is 10.1 Å². The Bertz CT molecular complexity index is 1110. The van der Waals surface area contributed by atoms with E-state index in [1.54, 1.807) is 0 Å². The zero-order valence-electron chi connectivity index (χ0n) is 14.7. The van der Waals surface area contributed by atoms with Gasteiger partial charge in [-0.25, -0.2) is 0 Å². The Morgan fingerprint density at radius 3 is 2.66 bits per heavy atom. The van der Waals surface area contributed by atoms with Crippen LogP contribution in [0.5, 0.6) is 5.75 Å². The zero-order chi connectivity index (χ0) is 21.1. The molecule has 0 spiro atoms. The average Bonchev–Trinajstić information content (AvgIpc) is 3.28. The number of nitro groups is 2. The van der Waals surface area contributed by atoms with Crippen LogP contribution >= 0.6 is 15.9 Å². The van der Waals surface area contributed by atoms with Crippen LogP contribution in [0, 0.1) is 20.2 Å². The first-order valence-electron chi connectivity index (χ1n) is 7.88. The monoisotopic (exact) mass is 465 g/mol. The van der Waals surface area contributed by atoms with Crippen molar-refractivity contribution in [3.63, 3.8) is 0 Å². The van der Waals surface area contributed by atoms with Crippen molar-refractivity contribution in [1.82, 2.24) is 9.78 Å². The minimum absolute atomic E-state index is 0.0228. The number of nitro benzene ring substituents is 1. The maximum atomic E-state index is 12.4. The Morgan fingerprint density at radius 1 is 1.28 bits per heavy atom. The van der Waals surface area contributed by atoms with Gasteiger partial charge in [0.15, 0.2) is 5.76 Å². The number of methoxy groups -OCH3 is 1. The fourth-order valence-corrected chi connectivity index (χ4v) is 2.88. The number of benzene rings is 1. The largest absolute Gasteiger partial charge is 0.496 e. The molecule has 0 atom stereocenters. The normalized spacial score (nSPS) is 10.6. The number of anilines is 1. The van der Waals surface area contributed by atoms with E-state index in [9.17, 15) is 25.0 Å². The van der Waals surface area contributed by atoms with Gasteiger partial charge in [0, 0.05) is 0 Å². The Labute approximate surface area is 170 Å². The lowest BCUT2D eigenvalue weighted by Gasteiger charge is -2.06. The highest BCUT2D eigenvalue weighted by Crippen LogP contribution is 2.29. The minimum atomic E-state index is -0.697. The van der Waals surface area contributed by atoms with Gasteiger partial charge >= 0.3 is 5.82 Å². The summed E-state index contributed by atoms with van der Waals surface area (Å²) in [7, 11) is 1.37. The highest BCUT2D eigenvalue weighted by Gasteiger charge is 2.22. The average molecular weight is 466 g/mol. The van der Waals surface area contributed by atoms with Crippen molar-refractivity contribution >= 4 is 39.0 Å². The topological polar surface area (TPSA) is 156 Å². The van der Waals surface area contributed by atoms with E-state index in [1.807, 2.05) is 0 Å². The van der Waals surface area contributed by atoms with Crippen molar-refractivity contribution in [3.05, 3.63) is 72.8 Å². The van der Waals surface area contributed by atoms with Gasteiger partial charge in [0.2, 0.25) is 0 Å². The van der Waals surface area contributed by atoms with Crippen LogP contribution in [0.4, 0.5) is 17.2 Å². The molecule has 150 valence electrons. The third-order valence-corrected chi connectivity index (χ3v) is 4.28. The maximum Gasteiger partial charge on any atom is 0.404 e. The summed E-state index contributed by atoms with van der Waals surface area (Å²) in [5, 5.41) is 28.3. The smallest absolute Gasteiger partial charge is 0.404 e. The van der Waals surface area contributed by atoms with Gasteiger partial charge in [-0.15, -0.1) is 0 Å². The van der Waals surface area contributed by atoms with Crippen LogP contribution in [0.2, 0.25) is 0 Å². The fraction of sp³-hybridized carbons (Fsp3) is 0.125. The summed E-state index contributed by atoms with van der Waals surface area (Å²) >= 11 is 3.04. The van der Waals surface area contributed by atoms with E-state index in [0.717, 1.165) is 0 Å². The summed E-state index contributed by atoms with van der Waals surface area (Å²) in [5.74, 6) is -0.553. The van der Waals surface area contributed by atoms with Crippen molar-refractivity contribution in [2.75, 3.05) is 12.4 Å². The number of nitrogens with one attached hydrogen (secondary N) is 1. The van der Waals surface area contributed by atoms with Gasteiger partial charge in [0.25, 0.3) is 11.6 Å². The number of ether oxygens (including phenoxy) is 1. The van der Waals surface area contributed by atoms with E-state index >= 15 is 0 Å². The van der Waals surface area contributed by atoms with Gasteiger partial charge in [-0.2, -0.15) is 4.68 Å². The molecular formula is C16H12BrN5O7. The van der Waals surface area contributed by atoms with E-state index < -0.39 is 15.8 Å². The predicted molar refractivity (Wildman–Crippen MR) is 102 cm³/mol. The molecule has 29 heavy (non-hydrogen) atoms. The van der Waals surface area contributed by atoms with E-state index in [2.05, 4.69) is 26.3 Å². The molecule has 0 bridgehead atoms. The van der Waals surface area contributed by atoms with Crippen molar-refractivity contribution < 1.29 is 23.8 Å². The van der Waals surface area contributed by atoms with Crippen LogP contribution in [0.25, 0.3) is 0 Å². The number of amides is 1. The first-order chi connectivity index (χ1) is 13.8. The van der Waals surface area contributed by atoms with Crippen LogP contribution in [-0.4, -0.2) is 32.6 Å². The lowest BCUT2D eigenvalue weighted by molar-refractivity contribution is -0.390. The van der Waals surface area contributed by atoms with Crippen molar-refractivity contribution in [2.24, 2.45) is 0 Å². The van der Waals surface area contributed by atoms with Gasteiger partial charge in [-0.1, -0.05) is 0 Å². The first-order valence-corrected chi connectivity index (χ1v) is 8.67. The molecule has 0 saturated heterocycles. The molecule has 0 radical (unpaired) electrons. The molecule has 0 aliphatic heterocycles. The predicted octanol–water partition coefficient (Wildman–Crippen LogP) is 3.36.